The minimum atomic E-state index is 0.631. The summed E-state index contributed by atoms with van der Waals surface area (Å²) in [6, 6.07) is 0. The van der Waals surface area contributed by atoms with Crippen LogP contribution in [-0.4, -0.2) is 48.7 Å². The van der Waals surface area contributed by atoms with Gasteiger partial charge in [-0.25, -0.2) is 4.98 Å². The lowest BCUT2D eigenvalue weighted by molar-refractivity contribution is 0.232. The lowest BCUT2D eigenvalue weighted by atomic mass is 9.99. The molecule has 1 aromatic rings. The van der Waals surface area contributed by atoms with Crippen molar-refractivity contribution in [1.29, 1.82) is 0 Å². The summed E-state index contributed by atoms with van der Waals surface area (Å²) in [5.74, 6) is 1.37. The molecule has 0 radical (unpaired) electrons. The van der Waals surface area contributed by atoms with E-state index in [2.05, 4.69) is 27.2 Å². The molecule has 5 nitrogen and oxygen atoms in total. The number of hydrogen-bond donors (Lipinski definition) is 1. The van der Waals surface area contributed by atoms with E-state index in [4.69, 9.17) is 4.74 Å². The van der Waals surface area contributed by atoms with Crippen molar-refractivity contribution in [2.24, 2.45) is 5.92 Å². The summed E-state index contributed by atoms with van der Waals surface area (Å²) in [7, 11) is 3.77. The molecular weight excluding hydrogens is 228 g/mol. The van der Waals surface area contributed by atoms with Gasteiger partial charge in [0.15, 0.2) is 0 Å². The first-order valence-electron chi connectivity index (χ1n) is 6.52. The molecule has 0 amide bonds. The number of ether oxygens (including phenoxy) is 1. The van der Waals surface area contributed by atoms with Gasteiger partial charge in [-0.3, -0.25) is 4.98 Å². The highest BCUT2D eigenvalue weighted by Gasteiger charge is 2.16. The van der Waals surface area contributed by atoms with Crippen LogP contribution in [0.3, 0.4) is 0 Å². The van der Waals surface area contributed by atoms with E-state index in [9.17, 15) is 0 Å². The van der Waals surface area contributed by atoms with Gasteiger partial charge in [0.25, 0.3) is 0 Å². The molecule has 18 heavy (non-hydrogen) atoms. The van der Waals surface area contributed by atoms with Crippen LogP contribution in [0.15, 0.2) is 12.4 Å². The van der Waals surface area contributed by atoms with E-state index in [1.807, 2.05) is 0 Å². The Morgan fingerprint density at radius 2 is 2.28 bits per heavy atom. The topological polar surface area (TPSA) is 50.3 Å². The molecular formula is C13H22N4O. The molecule has 0 aromatic carbocycles. The molecule has 0 unspecified atom stereocenters. The fourth-order valence-electron chi connectivity index (χ4n) is 2.47. The summed E-state index contributed by atoms with van der Waals surface area (Å²) >= 11 is 0. The summed E-state index contributed by atoms with van der Waals surface area (Å²) in [6.45, 7) is 4.17. The number of nitrogens with zero attached hydrogens (tertiary/aromatic N) is 3. The van der Waals surface area contributed by atoms with E-state index in [0.29, 0.717) is 5.88 Å². The van der Waals surface area contributed by atoms with Crippen molar-refractivity contribution < 1.29 is 4.74 Å². The Labute approximate surface area is 109 Å². The molecule has 0 spiro atoms. The van der Waals surface area contributed by atoms with Gasteiger partial charge in [0.2, 0.25) is 5.88 Å². The summed E-state index contributed by atoms with van der Waals surface area (Å²) in [4.78, 5) is 10.8. The van der Waals surface area contributed by atoms with Crippen molar-refractivity contribution in [2.45, 2.75) is 19.4 Å². The van der Waals surface area contributed by atoms with Crippen molar-refractivity contribution in [3.05, 3.63) is 18.1 Å². The molecule has 1 aliphatic rings. The second-order valence-electron chi connectivity index (χ2n) is 4.92. The van der Waals surface area contributed by atoms with Gasteiger partial charge >= 0.3 is 0 Å². The van der Waals surface area contributed by atoms with Gasteiger partial charge in [-0.2, -0.15) is 0 Å². The van der Waals surface area contributed by atoms with Gasteiger partial charge in [-0.15, -0.1) is 0 Å². The van der Waals surface area contributed by atoms with Gasteiger partial charge in [0, 0.05) is 25.5 Å². The standard InChI is InChI=1S/C13H22N4O/c1-17(9-11-4-3-5-14-8-11)10-12-13(18-2)16-7-6-15-12/h6-7,11,14H,3-5,8-10H2,1-2H3/t11-/m1/s1. The Bertz CT molecular complexity index is 366. The molecule has 100 valence electrons. The van der Waals surface area contributed by atoms with E-state index in [1.165, 1.54) is 12.8 Å². The number of nitrogens with one attached hydrogen (secondary N) is 1. The van der Waals surface area contributed by atoms with Crippen LogP contribution in [0.25, 0.3) is 0 Å². The Morgan fingerprint density at radius 1 is 1.44 bits per heavy atom. The predicted molar refractivity (Wildman–Crippen MR) is 70.5 cm³/mol. The summed E-state index contributed by atoms with van der Waals surface area (Å²) < 4.78 is 5.22. The lowest BCUT2D eigenvalue weighted by Crippen LogP contribution is -2.36. The van der Waals surface area contributed by atoms with Crippen molar-refractivity contribution in [2.75, 3.05) is 33.8 Å². The zero-order valence-electron chi connectivity index (χ0n) is 11.2. The smallest absolute Gasteiger partial charge is 0.236 e. The Morgan fingerprint density at radius 3 is 3.00 bits per heavy atom. The maximum absolute atomic E-state index is 5.22. The minimum Gasteiger partial charge on any atom is -0.480 e. The number of methoxy groups -OCH3 is 1. The van der Waals surface area contributed by atoms with Gasteiger partial charge in [0.1, 0.15) is 5.69 Å². The lowest BCUT2D eigenvalue weighted by Gasteiger charge is -2.27. The van der Waals surface area contributed by atoms with Crippen LogP contribution in [0.1, 0.15) is 18.5 Å². The third-order valence-corrected chi connectivity index (χ3v) is 3.32. The maximum Gasteiger partial charge on any atom is 0.236 e. The Balaban J connectivity index is 1.87. The van der Waals surface area contributed by atoms with Crippen LogP contribution < -0.4 is 10.1 Å². The molecule has 1 atom stereocenters. The van der Waals surface area contributed by atoms with Crippen molar-refractivity contribution in [3.63, 3.8) is 0 Å². The van der Waals surface area contributed by atoms with Crippen molar-refractivity contribution in [1.82, 2.24) is 20.2 Å². The quantitative estimate of drug-likeness (QED) is 0.842. The molecule has 1 saturated heterocycles. The van der Waals surface area contributed by atoms with Crippen LogP contribution in [-0.2, 0) is 6.54 Å². The van der Waals surface area contributed by atoms with Crippen molar-refractivity contribution >= 4 is 0 Å². The Kier molecular flexibility index (Phi) is 4.90. The maximum atomic E-state index is 5.22. The van der Waals surface area contributed by atoms with E-state index in [-0.39, 0.29) is 0 Å². The van der Waals surface area contributed by atoms with Crippen LogP contribution in [0.5, 0.6) is 5.88 Å². The van der Waals surface area contributed by atoms with E-state index in [0.717, 1.165) is 37.8 Å². The van der Waals surface area contributed by atoms with E-state index >= 15 is 0 Å². The first kappa shape index (κ1) is 13.2. The number of aromatic nitrogens is 2. The zero-order chi connectivity index (χ0) is 12.8. The zero-order valence-corrected chi connectivity index (χ0v) is 11.2. The van der Waals surface area contributed by atoms with Crippen LogP contribution >= 0.6 is 0 Å². The van der Waals surface area contributed by atoms with E-state index in [1.54, 1.807) is 19.5 Å². The summed E-state index contributed by atoms with van der Waals surface area (Å²) in [6.07, 6.45) is 5.98. The first-order chi connectivity index (χ1) is 8.79. The average Bonchev–Trinajstić information content (AvgIpc) is 2.40. The van der Waals surface area contributed by atoms with Gasteiger partial charge in [-0.05, 0) is 38.9 Å². The Hall–Kier alpha value is -1.20. The summed E-state index contributed by atoms with van der Waals surface area (Å²) in [5, 5.41) is 3.45. The monoisotopic (exact) mass is 250 g/mol. The van der Waals surface area contributed by atoms with Crippen molar-refractivity contribution in [3.8, 4) is 5.88 Å². The van der Waals surface area contributed by atoms with Gasteiger partial charge < -0.3 is 15.0 Å². The molecule has 5 heteroatoms. The molecule has 2 rings (SSSR count). The van der Waals surface area contributed by atoms with Crippen LogP contribution in [0, 0.1) is 5.92 Å². The van der Waals surface area contributed by atoms with Gasteiger partial charge in [0.05, 0.1) is 7.11 Å². The third kappa shape index (κ3) is 3.65. The fourth-order valence-corrected chi connectivity index (χ4v) is 2.47. The molecule has 0 aliphatic carbocycles. The second-order valence-corrected chi connectivity index (χ2v) is 4.92. The SMILES string of the molecule is COc1nccnc1CN(C)C[C@@H]1CCCNC1. The molecule has 1 aliphatic heterocycles. The molecule has 0 bridgehead atoms. The van der Waals surface area contributed by atoms with E-state index < -0.39 is 0 Å². The molecule has 1 fully saturated rings. The highest BCUT2D eigenvalue weighted by molar-refractivity contribution is 5.16. The average molecular weight is 250 g/mol. The molecule has 2 heterocycles. The predicted octanol–water partition coefficient (Wildman–Crippen LogP) is 0.917. The van der Waals surface area contributed by atoms with Crippen LogP contribution in [0.2, 0.25) is 0 Å². The molecule has 0 saturated carbocycles. The number of piperidine rings is 1. The largest absolute Gasteiger partial charge is 0.480 e. The second kappa shape index (κ2) is 6.66. The fraction of sp³-hybridized carbons (Fsp3) is 0.692. The van der Waals surface area contributed by atoms with Crippen LogP contribution in [0.4, 0.5) is 0 Å². The highest BCUT2D eigenvalue weighted by Crippen LogP contribution is 2.15. The summed E-state index contributed by atoms with van der Waals surface area (Å²) in [5.41, 5.74) is 0.909. The number of hydrogen-bond acceptors (Lipinski definition) is 5. The normalized spacial score (nSPS) is 20.1. The van der Waals surface area contributed by atoms with Gasteiger partial charge in [-0.1, -0.05) is 0 Å². The molecule has 1 aromatic heterocycles. The number of rotatable bonds is 5. The highest BCUT2D eigenvalue weighted by atomic mass is 16.5. The molecule has 1 N–H and O–H groups in total. The third-order valence-electron chi connectivity index (χ3n) is 3.32. The minimum absolute atomic E-state index is 0.631. The first-order valence-corrected chi connectivity index (χ1v) is 6.52.